The van der Waals surface area contributed by atoms with Gasteiger partial charge in [-0.25, -0.2) is 0 Å². The van der Waals surface area contributed by atoms with Crippen LogP contribution in [0.15, 0.2) is 51.4 Å². The maximum atomic E-state index is 12.5. The smallest absolute Gasteiger partial charge is 0.206 e. The molecule has 2 heterocycles. The third-order valence-corrected chi connectivity index (χ3v) is 5.49. The molecule has 1 unspecified atom stereocenters. The van der Waals surface area contributed by atoms with Crippen LogP contribution in [0.4, 0.5) is 5.13 Å². The molecular formula is C17H17N3O3S2. The van der Waals surface area contributed by atoms with E-state index in [9.17, 15) is 4.79 Å². The normalized spacial score (nSPS) is 11.9. The summed E-state index contributed by atoms with van der Waals surface area (Å²) < 4.78 is 11.1. The van der Waals surface area contributed by atoms with E-state index in [1.54, 1.807) is 37.6 Å². The lowest BCUT2D eigenvalue weighted by Crippen LogP contribution is -2.13. The van der Waals surface area contributed by atoms with Crippen molar-refractivity contribution in [2.45, 2.75) is 23.1 Å². The van der Waals surface area contributed by atoms with E-state index < -0.39 is 0 Å². The fourth-order valence-electron chi connectivity index (χ4n) is 2.10. The van der Waals surface area contributed by atoms with Crippen LogP contribution in [0.2, 0.25) is 0 Å². The highest BCUT2D eigenvalue weighted by Gasteiger charge is 2.19. The van der Waals surface area contributed by atoms with Crippen molar-refractivity contribution in [2.24, 2.45) is 0 Å². The molecule has 1 atom stereocenters. The van der Waals surface area contributed by atoms with Crippen LogP contribution in [-0.4, -0.2) is 28.3 Å². The predicted molar refractivity (Wildman–Crippen MR) is 98.6 cm³/mol. The number of nitrogens with one attached hydrogen (secondary N) is 1. The van der Waals surface area contributed by atoms with E-state index in [1.807, 2.05) is 19.1 Å². The molecule has 6 nitrogen and oxygen atoms in total. The van der Waals surface area contributed by atoms with Gasteiger partial charge in [0.1, 0.15) is 11.5 Å². The lowest BCUT2D eigenvalue weighted by molar-refractivity contribution is 0.0994. The van der Waals surface area contributed by atoms with Gasteiger partial charge in [0.2, 0.25) is 5.13 Å². The number of furan rings is 1. The molecule has 0 saturated heterocycles. The lowest BCUT2D eigenvalue weighted by Gasteiger charge is -2.08. The number of ketones is 1. The van der Waals surface area contributed by atoms with Crippen LogP contribution < -0.4 is 10.1 Å². The van der Waals surface area contributed by atoms with Crippen molar-refractivity contribution in [3.63, 3.8) is 0 Å². The molecule has 25 heavy (non-hydrogen) atoms. The second kappa shape index (κ2) is 8.17. The van der Waals surface area contributed by atoms with Crippen molar-refractivity contribution in [3.05, 3.63) is 54.0 Å². The molecule has 0 aliphatic heterocycles. The molecule has 2 aromatic heterocycles. The fourth-order valence-corrected chi connectivity index (χ4v) is 4.07. The van der Waals surface area contributed by atoms with Gasteiger partial charge in [-0.15, -0.1) is 10.2 Å². The number of carbonyl (C=O) groups is 1. The van der Waals surface area contributed by atoms with E-state index in [-0.39, 0.29) is 11.0 Å². The Morgan fingerprint density at radius 2 is 2.12 bits per heavy atom. The summed E-state index contributed by atoms with van der Waals surface area (Å²) >= 11 is 2.82. The molecule has 8 heteroatoms. The minimum atomic E-state index is -0.251. The van der Waals surface area contributed by atoms with E-state index in [2.05, 4.69) is 15.5 Å². The summed E-state index contributed by atoms with van der Waals surface area (Å²) in [5, 5.41) is 11.8. The molecule has 0 saturated carbocycles. The molecule has 0 radical (unpaired) electrons. The van der Waals surface area contributed by atoms with Gasteiger partial charge < -0.3 is 14.5 Å². The number of carbonyl (C=O) groups excluding carboxylic acids is 1. The Morgan fingerprint density at radius 1 is 1.32 bits per heavy atom. The number of hydrogen-bond donors (Lipinski definition) is 1. The summed E-state index contributed by atoms with van der Waals surface area (Å²) in [6, 6.07) is 10.8. The van der Waals surface area contributed by atoms with Crippen molar-refractivity contribution in [1.82, 2.24) is 10.2 Å². The van der Waals surface area contributed by atoms with Crippen molar-refractivity contribution >= 4 is 34.0 Å². The first-order chi connectivity index (χ1) is 12.2. The van der Waals surface area contributed by atoms with Gasteiger partial charge in [-0.3, -0.25) is 4.79 Å². The third kappa shape index (κ3) is 4.61. The Hall–Kier alpha value is -2.32. The Balaban J connectivity index is 1.56. The topological polar surface area (TPSA) is 77.2 Å². The summed E-state index contributed by atoms with van der Waals surface area (Å²) in [7, 11) is 1.60. The maximum Gasteiger partial charge on any atom is 0.206 e. The standard InChI is InChI=1S/C17H17N3O3S2/c1-11(15(21)12-5-7-13(22-2)8-6-12)24-17-20-19-16(25-17)18-10-14-4-3-9-23-14/h3-9,11H,10H2,1-2H3,(H,18,19). The summed E-state index contributed by atoms with van der Waals surface area (Å²) in [5.41, 5.74) is 0.654. The monoisotopic (exact) mass is 375 g/mol. The Labute approximate surface area is 153 Å². The minimum absolute atomic E-state index is 0.0490. The summed E-state index contributed by atoms with van der Waals surface area (Å²) in [4.78, 5) is 12.5. The van der Waals surface area contributed by atoms with Gasteiger partial charge in [0, 0.05) is 5.56 Å². The van der Waals surface area contributed by atoms with Crippen LogP contribution in [-0.2, 0) is 6.54 Å². The molecule has 0 aliphatic rings. The van der Waals surface area contributed by atoms with E-state index in [1.165, 1.54) is 23.1 Å². The zero-order valence-electron chi connectivity index (χ0n) is 13.8. The summed E-state index contributed by atoms with van der Waals surface area (Å²) in [6.07, 6.45) is 1.63. The molecule has 0 spiro atoms. The maximum absolute atomic E-state index is 12.5. The first-order valence-electron chi connectivity index (χ1n) is 7.60. The SMILES string of the molecule is COc1ccc(C(=O)C(C)Sc2nnc(NCc3ccco3)s2)cc1. The lowest BCUT2D eigenvalue weighted by atomic mass is 10.1. The summed E-state index contributed by atoms with van der Waals surface area (Å²) in [6.45, 7) is 2.42. The van der Waals surface area contributed by atoms with E-state index in [0.717, 1.165) is 15.8 Å². The number of nitrogens with zero attached hydrogens (tertiary/aromatic N) is 2. The Morgan fingerprint density at radius 3 is 2.80 bits per heavy atom. The average Bonchev–Trinajstić information content (AvgIpc) is 3.31. The number of ether oxygens (including phenoxy) is 1. The fraction of sp³-hybridized carbons (Fsp3) is 0.235. The van der Waals surface area contributed by atoms with Crippen molar-refractivity contribution < 1.29 is 13.9 Å². The van der Waals surface area contributed by atoms with Crippen LogP contribution >= 0.6 is 23.1 Å². The number of anilines is 1. The van der Waals surface area contributed by atoms with Crippen LogP contribution in [0.3, 0.4) is 0 Å². The van der Waals surface area contributed by atoms with Gasteiger partial charge in [0.15, 0.2) is 10.1 Å². The van der Waals surface area contributed by atoms with Crippen molar-refractivity contribution in [3.8, 4) is 5.75 Å². The van der Waals surface area contributed by atoms with Gasteiger partial charge >= 0.3 is 0 Å². The Bertz CT molecular complexity index is 816. The molecule has 1 aromatic carbocycles. The second-order valence-corrected chi connectivity index (χ2v) is 7.72. The number of thioether (sulfide) groups is 1. The molecule has 3 rings (SSSR count). The largest absolute Gasteiger partial charge is 0.497 e. The molecule has 0 amide bonds. The zero-order chi connectivity index (χ0) is 17.6. The summed E-state index contributed by atoms with van der Waals surface area (Å²) in [5.74, 6) is 1.61. The number of hydrogen-bond acceptors (Lipinski definition) is 8. The molecule has 0 aliphatic carbocycles. The molecule has 0 bridgehead atoms. The highest BCUT2D eigenvalue weighted by Crippen LogP contribution is 2.30. The highest BCUT2D eigenvalue weighted by molar-refractivity contribution is 8.02. The number of rotatable bonds is 8. The van der Waals surface area contributed by atoms with Crippen molar-refractivity contribution in [1.29, 1.82) is 0 Å². The third-order valence-electron chi connectivity index (χ3n) is 3.42. The highest BCUT2D eigenvalue weighted by atomic mass is 32.2. The van der Waals surface area contributed by atoms with Gasteiger partial charge in [-0.05, 0) is 43.3 Å². The minimum Gasteiger partial charge on any atom is -0.497 e. The van der Waals surface area contributed by atoms with Crippen molar-refractivity contribution in [2.75, 3.05) is 12.4 Å². The molecule has 1 N–H and O–H groups in total. The second-order valence-electron chi connectivity index (χ2n) is 5.16. The van der Waals surface area contributed by atoms with Crippen LogP contribution in [0.1, 0.15) is 23.0 Å². The number of benzene rings is 1. The molecular weight excluding hydrogens is 358 g/mol. The number of aromatic nitrogens is 2. The van der Waals surface area contributed by atoms with Gasteiger partial charge in [-0.2, -0.15) is 0 Å². The number of methoxy groups -OCH3 is 1. The first kappa shape index (κ1) is 17.5. The van der Waals surface area contributed by atoms with E-state index >= 15 is 0 Å². The molecule has 130 valence electrons. The van der Waals surface area contributed by atoms with Gasteiger partial charge in [0.05, 0.1) is 25.2 Å². The van der Waals surface area contributed by atoms with E-state index in [4.69, 9.17) is 9.15 Å². The average molecular weight is 375 g/mol. The number of Topliss-reactive ketones (excluding diaryl/α,β-unsaturated/α-hetero) is 1. The molecule has 3 aromatic rings. The quantitative estimate of drug-likeness (QED) is 0.469. The Kier molecular flexibility index (Phi) is 5.72. The predicted octanol–water partition coefficient (Wildman–Crippen LogP) is 4.12. The van der Waals surface area contributed by atoms with Crippen LogP contribution in [0.5, 0.6) is 5.75 Å². The molecule has 0 fully saturated rings. The zero-order valence-corrected chi connectivity index (χ0v) is 15.4. The van der Waals surface area contributed by atoms with E-state index in [0.29, 0.717) is 17.2 Å². The van der Waals surface area contributed by atoms with Crippen LogP contribution in [0, 0.1) is 0 Å². The first-order valence-corrected chi connectivity index (χ1v) is 9.30. The van der Waals surface area contributed by atoms with Gasteiger partial charge in [0.25, 0.3) is 0 Å². The van der Waals surface area contributed by atoms with Gasteiger partial charge in [-0.1, -0.05) is 23.1 Å². The van der Waals surface area contributed by atoms with Crippen LogP contribution in [0.25, 0.3) is 0 Å².